The average Bonchev–Trinajstić information content (AvgIpc) is 2.16. The highest BCUT2D eigenvalue weighted by molar-refractivity contribution is 5.93. The number of nitrogens with one attached hydrogen (secondary N) is 1. The Morgan fingerprint density at radius 2 is 1.87 bits per heavy atom. The standard InChI is InChI=1S/C13H14NO/c1-9(2)15-11-7-10-5-3-4-6-12(10)13(14)8-11/h3-9,14H,1-2H3. The molecule has 0 spiro atoms. The van der Waals surface area contributed by atoms with Crippen LogP contribution in [0.15, 0.2) is 36.4 Å². The summed E-state index contributed by atoms with van der Waals surface area (Å²) in [6.45, 7) is 3.97. The SMILES string of the molecule is CC(C)Oc1cc([NH])c2ccccc2c1. The molecule has 0 fully saturated rings. The zero-order valence-corrected chi connectivity index (χ0v) is 8.95. The second-order valence-electron chi connectivity index (χ2n) is 3.86. The number of rotatable bonds is 2. The van der Waals surface area contributed by atoms with E-state index in [1.807, 2.05) is 44.2 Å². The molecule has 2 rings (SSSR count). The van der Waals surface area contributed by atoms with E-state index in [2.05, 4.69) is 0 Å². The minimum absolute atomic E-state index is 0.144. The molecule has 2 aromatic carbocycles. The van der Waals surface area contributed by atoms with Crippen LogP contribution in [0.3, 0.4) is 0 Å². The van der Waals surface area contributed by atoms with E-state index in [1.165, 1.54) is 0 Å². The van der Waals surface area contributed by atoms with E-state index in [-0.39, 0.29) is 6.10 Å². The van der Waals surface area contributed by atoms with Gasteiger partial charge >= 0.3 is 0 Å². The van der Waals surface area contributed by atoms with Gasteiger partial charge in [-0.3, -0.25) is 0 Å². The molecule has 0 aliphatic rings. The number of hydrogen-bond acceptors (Lipinski definition) is 1. The van der Waals surface area contributed by atoms with Crippen molar-refractivity contribution < 1.29 is 4.74 Å². The predicted molar refractivity (Wildman–Crippen MR) is 62.5 cm³/mol. The second kappa shape index (κ2) is 3.81. The predicted octanol–water partition coefficient (Wildman–Crippen LogP) is 3.54. The fraction of sp³-hybridized carbons (Fsp3) is 0.231. The lowest BCUT2D eigenvalue weighted by Gasteiger charge is -2.11. The molecular weight excluding hydrogens is 186 g/mol. The summed E-state index contributed by atoms with van der Waals surface area (Å²) in [6.07, 6.45) is 0.144. The summed E-state index contributed by atoms with van der Waals surface area (Å²) in [7, 11) is 0. The highest BCUT2D eigenvalue weighted by atomic mass is 16.5. The van der Waals surface area contributed by atoms with Gasteiger partial charge in [-0.1, -0.05) is 24.3 Å². The molecule has 0 saturated heterocycles. The van der Waals surface area contributed by atoms with Crippen LogP contribution in [0.4, 0.5) is 5.69 Å². The lowest BCUT2D eigenvalue weighted by molar-refractivity contribution is 0.243. The first-order valence-electron chi connectivity index (χ1n) is 5.08. The molecule has 1 radical (unpaired) electrons. The normalized spacial score (nSPS) is 10.9. The van der Waals surface area contributed by atoms with Gasteiger partial charge in [0.15, 0.2) is 0 Å². The Hall–Kier alpha value is -1.70. The lowest BCUT2D eigenvalue weighted by Crippen LogP contribution is -2.05. The number of ether oxygens (including phenoxy) is 1. The largest absolute Gasteiger partial charge is 0.491 e. The molecule has 0 saturated carbocycles. The van der Waals surface area contributed by atoms with Crippen molar-refractivity contribution in [3.8, 4) is 5.75 Å². The molecule has 0 bridgehead atoms. The molecule has 0 aromatic heterocycles. The summed E-state index contributed by atoms with van der Waals surface area (Å²) in [5.74, 6) is 0.772. The molecule has 2 heteroatoms. The molecule has 15 heavy (non-hydrogen) atoms. The third kappa shape index (κ3) is 2.04. The Morgan fingerprint density at radius 1 is 1.13 bits per heavy atom. The van der Waals surface area contributed by atoms with Crippen LogP contribution in [0.25, 0.3) is 10.8 Å². The Morgan fingerprint density at radius 3 is 2.60 bits per heavy atom. The van der Waals surface area contributed by atoms with Gasteiger partial charge in [-0.15, -0.1) is 0 Å². The van der Waals surface area contributed by atoms with Gasteiger partial charge in [-0.25, -0.2) is 0 Å². The molecule has 2 aromatic rings. The molecule has 0 heterocycles. The van der Waals surface area contributed by atoms with Crippen LogP contribution in [0, 0.1) is 0 Å². The van der Waals surface area contributed by atoms with Crippen molar-refractivity contribution in [3.63, 3.8) is 0 Å². The van der Waals surface area contributed by atoms with E-state index in [1.54, 1.807) is 6.07 Å². The second-order valence-corrected chi connectivity index (χ2v) is 3.86. The van der Waals surface area contributed by atoms with Crippen LogP contribution >= 0.6 is 0 Å². The van der Waals surface area contributed by atoms with Crippen molar-refractivity contribution in [2.45, 2.75) is 20.0 Å². The summed E-state index contributed by atoms with van der Waals surface area (Å²) in [4.78, 5) is 0. The van der Waals surface area contributed by atoms with Crippen molar-refractivity contribution in [2.24, 2.45) is 0 Å². The third-order valence-electron chi connectivity index (χ3n) is 2.21. The van der Waals surface area contributed by atoms with Gasteiger partial charge < -0.3 is 10.5 Å². The van der Waals surface area contributed by atoms with Gasteiger partial charge in [0, 0.05) is 11.5 Å². The van der Waals surface area contributed by atoms with Crippen LogP contribution in [0.2, 0.25) is 0 Å². The quantitative estimate of drug-likeness (QED) is 0.729. The molecule has 0 aliphatic carbocycles. The highest BCUT2D eigenvalue weighted by Gasteiger charge is 2.03. The number of fused-ring (bicyclic) bond motifs is 1. The highest BCUT2D eigenvalue weighted by Crippen LogP contribution is 2.28. The molecular formula is C13H14NO. The van der Waals surface area contributed by atoms with E-state index < -0.39 is 0 Å². The van der Waals surface area contributed by atoms with E-state index in [0.717, 1.165) is 16.5 Å². The van der Waals surface area contributed by atoms with Crippen LogP contribution in [0.1, 0.15) is 13.8 Å². The summed E-state index contributed by atoms with van der Waals surface area (Å²) >= 11 is 0. The van der Waals surface area contributed by atoms with Crippen molar-refractivity contribution in [2.75, 3.05) is 0 Å². The molecule has 0 amide bonds. The average molecular weight is 200 g/mol. The first kappa shape index (κ1) is 9.84. The lowest BCUT2D eigenvalue weighted by atomic mass is 10.1. The zero-order valence-electron chi connectivity index (χ0n) is 8.95. The van der Waals surface area contributed by atoms with Crippen molar-refractivity contribution in [1.29, 1.82) is 0 Å². The van der Waals surface area contributed by atoms with E-state index in [9.17, 15) is 0 Å². The maximum absolute atomic E-state index is 7.87. The maximum Gasteiger partial charge on any atom is 0.122 e. The fourth-order valence-electron chi connectivity index (χ4n) is 1.62. The topological polar surface area (TPSA) is 33.0 Å². The van der Waals surface area contributed by atoms with Gasteiger partial charge in [-0.2, -0.15) is 0 Å². The maximum atomic E-state index is 7.87. The zero-order chi connectivity index (χ0) is 10.8. The third-order valence-corrected chi connectivity index (χ3v) is 2.21. The molecule has 77 valence electrons. The van der Waals surface area contributed by atoms with Crippen LogP contribution in [-0.2, 0) is 0 Å². The molecule has 2 nitrogen and oxygen atoms in total. The number of hydrogen-bond donors (Lipinski definition) is 0. The van der Waals surface area contributed by atoms with Gasteiger partial charge in [0.05, 0.1) is 11.8 Å². The van der Waals surface area contributed by atoms with Crippen molar-refractivity contribution >= 4 is 16.5 Å². The first-order chi connectivity index (χ1) is 7.16. The molecule has 0 unspecified atom stereocenters. The molecule has 0 aliphatic heterocycles. The minimum Gasteiger partial charge on any atom is -0.491 e. The summed E-state index contributed by atoms with van der Waals surface area (Å²) in [5, 5.41) is 2.02. The molecule has 1 N–H and O–H groups in total. The summed E-state index contributed by atoms with van der Waals surface area (Å²) < 4.78 is 5.58. The van der Waals surface area contributed by atoms with Gasteiger partial charge in [0.1, 0.15) is 5.75 Å². The Kier molecular flexibility index (Phi) is 2.50. The summed E-state index contributed by atoms with van der Waals surface area (Å²) in [5.41, 5.74) is 8.39. The van der Waals surface area contributed by atoms with Gasteiger partial charge in [-0.05, 0) is 25.3 Å². The Balaban J connectivity index is 2.52. The van der Waals surface area contributed by atoms with Crippen molar-refractivity contribution in [3.05, 3.63) is 36.4 Å². The Labute approximate surface area is 89.7 Å². The Bertz CT molecular complexity index is 477. The van der Waals surface area contributed by atoms with Gasteiger partial charge in [0.2, 0.25) is 0 Å². The fourth-order valence-corrected chi connectivity index (χ4v) is 1.62. The van der Waals surface area contributed by atoms with Crippen LogP contribution < -0.4 is 10.5 Å². The van der Waals surface area contributed by atoms with Crippen LogP contribution in [-0.4, -0.2) is 6.10 Å². The number of benzene rings is 2. The minimum atomic E-state index is 0.144. The van der Waals surface area contributed by atoms with Crippen molar-refractivity contribution in [1.82, 2.24) is 5.73 Å². The summed E-state index contributed by atoms with van der Waals surface area (Å²) in [6, 6.07) is 11.6. The molecule has 0 atom stereocenters. The van der Waals surface area contributed by atoms with Crippen LogP contribution in [0.5, 0.6) is 5.75 Å². The van der Waals surface area contributed by atoms with E-state index in [4.69, 9.17) is 10.5 Å². The van der Waals surface area contributed by atoms with E-state index >= 15 is 0 Å². The van der Waals surface area contributed by atoms with Gasteiger partial charge in [0.25, 0.3) is 0 Å². The monoisotopic (exact) mass is 200 g/mol. The first-order valence-corrected chi connectivity index (χ1v) is 5.08. The van der Waals surface area contributed by atoms with E-state index in [0.29, 0.717) is 5.69 Å². The smallest absolute Gasteiger partial charge is 0.122 e.